The third-order valence-electron chi connectivity index (χ3n) is 2.66. The van der Waals surface area contributed by atoms with Gasteiger partial charge in [0.05, 0.1) is 15.6 Å². The maximum absolute atomic E-state index is 12.3. The van der Waals surface area contributed by atoms with E-state index in [1.165, 1.54) is 0 Å². The van der Waals surface area contributed by atoms with Crippen molar-refractivity contribution in [3.63, 3.8) is 0 Å². The summed E-state index contributed by atoms with van der Waals surface area (Å²) in [4.78, 5) is 23.7. The summed E-state index contributed by atoms with van der Waals surface area (Å²) >= 11 is 12.1. The molecule has 2 aromatic rings. The number of ether oxygens (including phenoxy) is 1. The Labute approximate surface area is 131 Å². The fourth-order valence-electron chi connectivity index (χ4n) is 1.94. The predicted molar refractivity (Wildman–Crippen MR) is 80.5 cm³/mol. The van der Waals surface area contributed by atoms with Gasteiger partial charge in [-0.3, -0.25) is 0 Å². The molecule has 1 aromatic carbocycles. The summed E-state index contributed by atoms with van der Waals surface area (Å²) in [6.07, 6.45) is -0.820. The first-order chi connectivity index (χ1) is 9.63. The van der Waals surface area contributed by atoms with Crippen molar-refractivity contribution in [1.82, 2.24) is 4.57 Å². The maximum atomic E-state index is 12.3. The average molecular weight is 330 g/mol. The zero-order chi connectivity index (χ0) is 15.9. The molecule has 0 aliphatic heterocycles. The summed E-state index contributed by atoms with van der Waals surface area (Å²) in [6, 6.07) is 4.73. The topological polar surface area (TPSA) is 68.5 Å². The van der Waals surface area contributed by atoms with Crippen LogP contribution >= 0.6 is 23.2 Å². The van der Waals surface area contributed by atoms with E-state index in [1.807, 2.05) is 0 Å². The van der Waals surface area contributed by atoms with Gasteiger partial charge in [-0.15, -0.1) is 0 Å². The summed E-state index contributed by atoms with van der Waals surface area (Å²) in [5.41, 5.74) is -0.845. The highest BCUT2D eigenvalue weighted by Gasteiger charge is 2.29. The van der Waals surface area contributed by atoms with Crippen LogP contribution in [-0.2, 0) is 4.74 Å². The van der Waals surface area contributed by atoms with Crippen LogP contribution in [-0.4, -0.2) is 27.3 Å². The van der Waals surface area contributed by atoms with Crippen LogP contribution in [0.3, 0.4) is 0 Å². The summed E-state index contributed by atoms with van der Waals surface area (Å²) in [7, 11) is 0. The van der Waals surface area contributed by atoms with E-state index < -0.39 is 17.7 Å². The third-order valence-corrected chi connectivity index (χ3v) is 3.35. The molecule has 0 spiro atoms. The molecule has 0 saturated carbocycles. The van der Waals surface area contributed by atoms with Gasteiger partial charge in [0.25, 0.3) is 0 Å². The molecule has 0 aliphatic rings. The van der Waals surface area contributed by atoms with Crippen molar-refractivity contribution >= 4 is 46.2 Å². The first kappa shape index (κ1) is 15.7. The second-order valence-corrected chi connectivity index (χ2v) is 6.20. The van der Waals surface area contributed by atoms with Gasteiger partial charge in [-0.05, 0) is 32.9 Å². The molecule has 5 nitrogen and oxygen atoms in total. The van der Waals surface area contributed by atoms with Gasteiger partial charge in [-0.25, -0.2) is 14.2 Å². The van der Waals surface area contributed by atoms with Gasteiger partial charge in [0, 0.05) is 5.39 Å². The zero-order valence-corrected chi connectivity index (χ0v) is 13.1. The molecule has 0 saturated heterocycles. The van der Waals surface area contributed by atoms with Gasteiger partial charge < -0.3 is 9.84 Å². The van der Waals surface area contributed by atoms with Crippen LogP contribution in [0.25, 0.3) is 10.9 Å². The van der Waals surface area contributed by atoms with Crippen molar-refractivity contribution in [3.05, 3.63) is 33.9 Å². The number of rotatable bonds is 1. The van der Waals surface area contributed by atoms with Crippen LogP contribution in [0.4, 0.5) is 4.79 Å². The average Bonchev–Trinajstić information content (AvgIpc) is 2.61. The minimum atomic E-state index is -1.34. The molecule has 1 heterocycles. The van der Waals surface area contributed by atoms with Gasteiger partial charge in [-0.2, -0.15) is 0 Å². The molecule has 0 atom stereocenters. The van der Waals surface area contributed by atoms with Gasteiger partial charge >= 0.3 is 12.1 Å². The lowest BCUT2D eigenvalue weighted by Crippen LogP contribution is -2.28. The fraction of sp³-hybridized carbons (Fsp3) is 0.286. The minimum absolute atomic E-state index is 0.0889. The van der Waals surface area contributed by atoms with E-state index in [2.05, 4.69) is 0 Å². The second kappa shape index (κ2) is 5.24. The van der Waals surface area contributed by atoms with Gasteiger partial charge in [-0.1, -0.05) is 29.3 Å². The van der Waals surface area contributed by atoms with Crippen molar-refractivity contribution in [1.29, 1.82) is 0 Å². The molecule has 21 heavy (non-hydrogen) atoms. The molecule has 0 amide bonds. The van der Waals surface area contributed by atoms with E-state index in [1.54, 1.807) is 39.0 Å². The largest absolute Gasteiger partial charge is 0.477 e. The number of benzene rings is 1. The van der Waals surface area contributed by atoms with Crippen LogP contribution in [0.2, 0.25) is 10.0 Å². The molecule has 1 aromatic heterocycles. The van der Waals surface area contributed by atoms with Gasteiger partial charge in [0.2, 0.25) is 0 Å². The van der Waals surface area contributed by atoms with Crippen LogP contribution in [0, 0.1) is 0 Å². The van der Waals surface area contributed by atoms with Gasteiger partial charge in [0.1, 0.15) is 5.60 Å². The Balaban J connectivity index is 2.78. The number of carbonyl (C=O) groups excluding carboxylic acids is 1. The van der Waals surface area contributed by atoms with Crippen molar-refractivity contribution in [2.75, 3.05) is 0 Å². The number of halogens is 2. The lowest BCUT2D eigenvalue weighted by molar-refractivity contribution is 0.0513. The summed E-state index contributed by atoms with van der Waals surface area (Å²) < 4.78 is 6.16. The summed E-state index contributed by atoms with van der Waals surface area (Å²) in [6.45, 7) is 5.06. The standard InChI is InChI=1S/C14H13Cl2NO4/c1-14(2,3)21-13(20)17-8-6-4-5-7(15)9(8)10(16)11(17)12(18)19/h4-6H,1-3H3,(H,18,19). The van der Waals surface area contributed by atoms with Crippen LogP contribution < -0.4 is 0 Å². The molecular weight excluding hydrogens is 317 g/mol. The number of carboxylic acid groups (broad SMARTS) is 1. The molecule has 0 radical (unpaired) electrons. The van der Waals surface area contributed by atoms with E-state index in [0.29, 0.717) is 10.9 Å². The summed E-state index contributed by atoms with van der Waals surface area (Å²) in [5.74, 6) is -1.34. The molecule has 2 rings (SSSR count). The van der Waals surface area contributed by atoms with Gasteiger partial charge in [0.15, 0.2) is 5.69 Å². The quantitative estimate of drug-likeness (QED) is 0.840. The normalized spacial score (nSPS) is 11.7. The second-order valence-electron chi connectivity index (χ2n) is 5.42. The number of hydrogen-bond donors (Lipinski definition) is 1. The van der Waals surface area contributed by atoms with Crippen LogP contribution in [0.5, 0.6) is 0 Å². The van der Waals surface area contributed by atoms with E-state index >= 15 is 0 Å². The first-order valence-electron chi connectivity index (χ1n) is 6.08. The number of aromatic nitrogens is 1. The highest BCUT2D eigenvalue weighted by molar-refractivity contribution is 6.44. The van der Waals surface area contributed by atoms with E-state index in [-0.39, 0.29) is 15.7 Å². The number of fused-ring (bicyclic) bond motifs is 1. The lowest BCUT2D eigenvalue weighted by Gasteiger charge is -2.20. The minimum Gasteiger partial charge on any atom is -0.477 e. The van der Waals surface area contributed by atoms with E-state index in [9.17, 15) is 14.7 Å². The Bertz CT molecular complexity index is 743. The Morgan fingerprint density at radius 3 is 2.38 bits per heavy atom. The Morgan fingerprint density at radius 1 is 1.24 bits per heavy atom. The van der Waals surface area contributed by atoms with Crippen LogP contribution in [0.1, 0.15) is 31.3 Å². The first-order valence-corrected chi connectivity index (χ1v) is 6.84. The molecule has 0 unspecified atom stereocenters. The van der Waals surface area contributed by atoms with E-state index in [0.717, 1.165) is 4.57 Å². The number of aromatic carboxylic acids is 1. The Morgan fingerprint density at radius 2 is 1.86 bits per heavy atom. The van der Waals surface area contributed by atoms with Crippen LogP contribution in [0.15, 0.2) is 18.2 Å². The maximum Gasteiger partial charge on any atom is 0.419 e. The Kier molecular flexibility index (Phi) is 3.91. The number of hydrogen-bond acceptors (Lipinski definition) is 3. The number of carboxylic acids is 1. The summed E-state index contributed by atoms with van der Waals surface area (Å²) in [5, 5.41) is 9.82. The molecular formula is C14H13Cl2NO4. The monoisotopic (exact) mass is 329 g/mol. The smallest absolute Gasteiger partial charge is 0.419 e. The lowest BCUT2D eigenvalue weighted by atomic mass is 10.2. The van der Waals surface area contributed by atoms with E-state index in [4.69, 9.17) is 27.9 Å². The van der Waals surface area contributed by atoms with Crippen molar-refractivity contribution in [2.24, 2.45) is 0 Å². The highest BCUT2D eigenvalue weighted by atomic mass is 35.5. The predicted octanol–water partition coefficient (Wildman–Crippen LogP) is 4.43. The third kappa shape index (κ3) is 2.84. The SMILES string of the molecule is CC(C)(C)OC(=O)n1c(C(=O)O)c(Cl)c2c(Cl)cccc21. The van der Waals surface area contributed by atoms with Crippen molar-refractivity contribution in [3.8, 4) is 0 Å². The molecule has 7 heteroatoms. The highest BCUT2D eigenvalue weighted by Crippen LogP contribution is 2.36. The van der Waals surface area contributed by atoms with Crippen molar-refractivity contribution in [2.45, 2.75) is 26.4 Å². The van der Waals surface area contributed by atoms with Crippen molar-refractivity contribution < 1.29 is 19.4 Å². The molecule has 0 bridgehead atoms. The Hall–Kier alpha value is -1.72. The number of nitrogens with zero attached hydrogens (tertiary/aromatic N) is 1. The number of carbonyl (C=O) groups is 2. The fourth-order valence-corrected chi connectivity index (χ4v) is 2.62. The molecule has 0 fully saturated rings. The molecule has 0 aliphatic carbocycles. The zero-order valence-electron chi connectivity index (χ0n) is 11.6. The molecule has 112 valence electrons. The molecule has 1 N–H and O–H groups in total.